The predicted molar refractivity (Wildman–Crippen MR) is 72.4 cm³/mol. The van der Waals surface area contributed by atoms with E-state index in [1.807, 2.05) is 0 Å². The first kappa shape index (κ1) is 14.8. The first-order valence-electron chi connectivity index (χ1n) is 6.78. The van der Waals surface area contributed by atoms with Crippen LogP contribution in [0, 0.1) is 11.8 Å². The summed E-state index contributed by atoms with van der Waals surface area (Å²) in [6, 6.07) is 0.380. The average molecular weight is 261 g/mol. The van der Waals surface area contributed by atoms with Gasteiger partial charge in [-0.15, -0.1) is 12.4 Å². The summed E-state index contributed by atoms with van der Waals surface area (Å²) in [6.45, 7) is 4.17. The van der Waals surface area contributed by atoms with Crippen LogP contribution in [0.4, 0.5) is 0 Å². The molecular formula is C13H25ClN2O. The Labute approximate surface area is 111 Å². The lowest BCUT2D eigenvalue weighted by Gasteiger charge is -2.26. The summed E-state index contributed by atoms with van der Waals surface area (Å²) in [5.41, 5.74) is 0. The molecule has 0 radical (unpaired) electrons. The third-order valence-corrected chi connectivity index (χ3v) is 4.19. The molecule has 3 nitrogen and oxygen atoms in total. The second-order valence-electron chi connectivity index (χ2n) is 5.37. The van der Waals surface area contributed by atoms with Gasteiger partial charge in [0, 0.05) is 12.0 Å². The second kappa shape index (κ2) is 7.22. The van der Waals surface area contributed by atoms with Gasteiger partial charge < -0.3 is 10.6 Å². The number of hydrogen-bond acceptors (Lipinski definition) is 2. The lowest BCUT2D eigenvalue weighted by Crippen LogP contribution is -2.43. The SMILES string of the molecule is CC(NC(=O)C1CCNCC1)C1CCCC1.Cl. The molecule has 1 aliphatic carbocycles. The van der Waals surface area contributed by atoms with Crippen LogP contribution < -0.4 is 10.6 Å². The summed E-state index contributed by atoms with van der Waals surface area (Å²) in [5.74, 6) is 1.27. The van der Waals surface area contributed by atoms with Gasteiger partial charge >= 0.3 is 0 Å². The molecule has 1 saturated carbocycles. The maximum atomic E-state index is 12.0. The Morgan fingerprint density at radius 2 is 1.76 bits per heavy atom. The van der Waals surface area contributed by atoms with E-state index in [-0.39, 0.29) is 18.3 Å². The molecule has 2 N–H and O–H groups in total. The van der Waals surface area contributed by atoms with E-state index in [1.54, 1.807) is 0 Å². The number of piperidine rings is 1. The van der Waals surface area contributed by atoms with E-state index < -0.39 is 0 Å². The van der Waals surface area contributed by atoms with Crippen molar-refractivity contribution in [2.45, 2.75) is 51.5 Å². The van der Waals surface area contributed by atoms with Crippen LogP contribution in [0.2, 0.25) is 0 Å². The molecule has 0 bridgehead atoms. The molecule has 1 unspecified atom stereocenters. The maximum Gasteiger partial charge on any atom is 0.223 e. The van der Waals surface area contributed by atoms with Gasteiger partial charge in [-0.2, -0.15) is 0 Å². The van der Waals surface area contributed by atoms with Gasteiger partial charge in [0.05, 0.1) is 0 Å². The van der Waals surface area contributed by atoms with Crippen molar-refractivity contribution in [1.82, 2.24) is 10.6 Å². The molecule has 1 aliphatic heterocycles. The zero-order chi connectivity index (χ0) is 11.4. The third kappa shape index (κ3) is 4.14. The lowest BCUT2D eigenvalue weighted by molar-refractivity contribution is -0.126. The van der Waals surface area contributed by atoms with E-state index in [9.17, 15) is 4.79 Å². The van der Waals surface area contributed by atoms with Gasteiger partial charge in [0.2, 0.25) is 5.91 Å². The van der Waals surface area contributed by atoms with Crippen molar-refractivity contribution >= 4 is 18.3 Å². The number of hydrogen-bond donors (Lipinski definition) is 2. The summed E-state index contributed by atoms with van der Waals surface area (Å²) in [6.07, 6.45) is 7.30. The molecule has 0 spiro atoms. The second-order valence-corrected chi connectivity index (χ2v) is 5.37. The van der Waals surface area contributed by atoms with Gasteiger partial charge in [0.15, 0.2) is 0 Å². The highest BCUT2D eigenvalue weighted by atomic mass is 35.5. The molecule has 1 saturated heterocycles. The fraction of sp³-hybridized carbons (Fsp3) is 0.923. The summed E-state index contributed by atoms with van der Waals surface area (Å²) in [7, 11) is 0. The fourth-order valence-corrected chi connectivity index (χ4v) is 3.00. The number of halogens is 1. The fourth-order valence-electron chi connectivity index (χ4n) is 3.00. The Bertz CT molecular complexity index is 236. The molecule has 1 atom stereocenters. The number of carbonyl (C=O) groups excluding carboxylic acids is 1. The van der Waals surface area contributed by atoms with Gasteiger partial charge in [0.25, 0.3) is 0 Å². The normalized spacial score (nSPS) is 24.1. The standard InChI is InChI=1S/C13H24N2O.ClH/c1-10(11-4-2-3-5-11)15-13(16)12-6-8-14-9-7-12;/h10-12,14H,2-9H2,1H3,(H,15,16);1H. The van der Waals surface area contributed by atoms with Crippen LogP contribution in [-0.2, 0) is 4.79 Å². The van der Waals surface area contributed by atoms with Gasteiger partial charge in [-0.3, -0.25) is 4.79 Å². The van der Waals surface area contributed by atoms with Crippen LogP contribution in [0.3, 0.4) is 0 Å². The molecule has 17 heavy (non-hydrogen) atoms. The minimum Gasteiger partial charge on any atom is -0.353 e. The first-order valence-corrected chi connectivity index (χ1v) is 6.78. The van der Waals surface area contributed by atoms with Crippen LogP contribution in [-0.4, -0.2) is 25.0 Å². The summed E-state index contributed by atoms with van der Waals surface area (Å²) in [4.78, 5) is 12.0. The Kier molecular flexibility index (Phi) is 6.28. The number of rotatable bonds is 3. The Balaban J connectivity index is 0.00000144. The third-order valence-electron chi connectivity index (χ3n) is 4.19. The number of carbonyl (C=O) groups is 1. The van der Waals surface area contributed by atoms with Gasteiger partial charge in [-0.25, -0.2) is 0 Å². The van der Waals surface area contributed by atoms with E-state index in [4.69, 9.17) is 0 Å². The van der Waals surface area contributed by atoms with E-state index >= 15 is 0 Å². The van der Waals surface area contributed by atoms with E-state index in [1.165, 1.54) is 25.7 Å². The molecule has 100 valence electrons. The maximum absolute atomic E-state index is 12.0. The number of amides is 1. The molecule has 0 aromatic heterocycles. The summed E-state index contributed by atoms with van der Waals surface area (Å²) >= 11 is 0. The van der Waals surface area contributed by atoms with Crippen molar-refractivity contribution in [3.8, 4) is 0 Å². The Morgan fingerprint density at radius 1 is 1.18 bits per heavy atom. The summed E-state index contributed by atoms with van der Waals surface area (Å²) in [5, 5.41) is 6.52. The van der Waals surface area contributed by atoms with Crippen LogP contribution in [0.25, 0.3) is 0 Å². The van der Waals surface area contributed by atoms with E-state index in [2.05, 4.69) is 17.6 Å². The number of nitrogens with one attached hydrogen (secondary N) is 2. The summed E-state index contributed by atoms with van der Waals surface area (Å²) < 4.78 is 0. The Morgan fingerprint density at radius 3 is 2.35 bits per heavy atom. The lowest BCUT2D eigenvalue weighted by atomic mass is 9.95. The predicted octanol–water partition coefficient (Wildman–Crippen LogP) is 2.10. The van der Waals surface area contributed by atoms with Gasteiger partial charge in [-0.05, 0) is 51.6 Å². The highest BCUT2D eigenvalue weighted by molar-refractivity contribution is 5.85. The molecule has 2 rings (SSSR count). The molecule has 2 aliphatic rings. The minimum absolute atomic E-state index is 0. The van der Waals surface area contributed by atoms with Crippen LogP contribution in [0.1, 0.15) is 45.4 Å². The van der Waals surface area contributed by atoms with Gasteiger partial charge in [0.1, 0.15) is 0 Å². The molecule has 2 fully saturated rings. The highest BCUT2D eigenvalue weighted by Gasteiger charge is 2.26. The van der Waals surface area contributed by atoms with E-state index in [0.29, 0.717) is 11.9 Å². The largest absolute Gasteiger partial charge is 0.353 e. The van der Waals surface area contributed by atoms with Crippen molar-refractivity contribution < 1.29 is 4.79 Å². The van der Waals surface area contributed by atoms with Crippen LogP contribution in [0.5, 0.6) is 0 Å². The topological polar surface area (TPSA) is 41.1 Å². The van der Waals surface area contributed by atoms with Crippen LogP contribution in [0.15, 0.2) is 0 Å². The van der Waals surface area contributed by atoms with Crippen molar-refractivity contribution in [3.63, 3.8) is 0 Å². The van der Waals surface area contributed by atoms with Crippen molar-refractivity contribution in [2.24, 2.45) is 11.8 Å². The molecular weight excluding hydrogens is 236 g/mol. The zero-order valence-corrected chi connectivity index (χ0v) is 11.5. The molecule has 0 aromatic carbocycles. The average Bonchev–Trinajstić information content (AvgIpc) is 2.83. The minimum atomic E-state index is 0. The van der Waals surface area contributed by atoms with Gasteiger partial charge in [-0.1, -0.05) is 12.8 Å². The van der Waals surface area contributed by atoms with Crippen molar-refractivity contribution in [1.29, 1.82) is 0 Å². The Hall–Kier alpha value is -0.280. The molecule has 4 heteroatoms. The van der Waals surface area contributed by atoms with Crippen LogP contribution >= 0.6 is 12.4 Å². The smallest absolute Gasteiger partial charge is 0.223 e. The first-order chi connectivity index (χ1) is 7.77. The highest BCUT2D eigenvalue weighted by Crippen LogP contribution is 2.27. The monoisotopic (exact) mass is 260 g/mol. The quantitative estimate of drug-likeness (QED) is 0.816. The molecule has 1 amide bonds. The van der Waals surface area contributed by atoms with Crippen molar-refractivity contribution in [3.05, 3.63) is 0 Å². The molecule has 0 aromatic rings. The zero-order valence-electron chi connectivity index (χ0n) is 10.7. The van der Waals surface area contributed by atoms with E-state index in [0.717, 1.165) is 31.8 Å². The molecule has 1 heterocycles. The van der Waals surface area contributed by atoms with Crippen molar-refractivity contribution in [2.75, 3.05) is 13.1 Å².